The van der Waals surface area contributed by atoms with E-state index >= 15 is 0 Å². The van der Waals surface area contributed by atoms with Crippen LogP contribution in [0.5, 0.6) is 0 Å². The van der Waals surface area contributed by atoms with Crippen LogP contribution in [0.25, 0.3) is 11.3 Å². The summed E-state index contributed by atoms with van der Waals surface area (Å²) in [6, 6.07) is 16.0. The van der Waals surface area contributed by atoms with E-state index in [9.17, 15) is 14.1 Å². The normalized spacial score (nSPS) is 19.2. The third-order valence-corrected chi connectivity index (χ3v) is 9.69. The van der Waals surface area contributed by atoms with Gasteiger partial charge in [-0.3, -0.25) is 0 Å². The molecule has 0 unspecified atom stereocenters. The number of para-hydroxylation sites is 1. The summed E-state index contributed by atoms with van der Waals surface area (Å²) in [6.45, 7) is 13.1. The van der Waals surface area contributed by atoms with Crippen molar-refractivity contribution in [2.45, 2.75) is 32.7 Å². The first kappa shape index (κ1) is 28.2. The summed E-state index contributed by atoms with van der Waals surface area (Å²) in [6.07, 6.45) is 1.32. The molecule has 40 heavy (non-hydrogen) atoms. The van der Waals surface area contributed by atoms with Crippen molar-refractivity contribution >= 4 is 42.6 Å². The number of pyridine rings is 1. The van der Waals surface area contributed by atoms with Gasteiger partial charge in [-0.1, -0.05) is 0 Å². The fourth-order valence-electron chi connectivity index (χ4n) is 5.51. The third kappa shape index (κ3) is 5.00. The maximum absolute atomic E-state index is 15.0. The van der Waals surface area contributed by atoms with Gasteiger partial charge in [0.05, 0.1) is 0 Å². The number of anilines is 2. The number of aromatic nitrogens is 1. The van der Waals surface area contributed by atoms with Crippen LogP contribution >= 0.6 is 19.4 Å². The molecule has 3 heterocycles. The molecular weight excluding hydrogens is 548 g/mol. The van der Waals surface area contributed by atoms with Crippen LogP contribution in [0.15, 0.2) is 72.0 Å². The molecule has 1 saturated heterocycles. The second-order valence-electron chi connectivity index (χ2n) is 10.7. The Balaban J connectivity index is 1.72. The van der Waals surface area contributed by atoms with Crippen LogP contribution in [-0.4, -0.2) is 63.8 Å². The van der Waals surface area contributed by atoms with E-state index in [0.29, 0.717) is 42.5 Å². The van der Waals surface area contributed by atoms with Crippen molar-refractivity contribution in [3.63, 3.8) is 0 Å². The second kappa shape index (κ2) is 10.9. The molecule has 2 aromatic carbocycles. The zero-order chi connectivity index (χ0) is 28.8. The number of fused-ring (bicyclic) bond motifs is 1. The molecule has 2 aliphatic rings. The summed E-state index contributed by atoms with van der Waals surface area (Å²) in [5, 5.41) is 0.282. The second-order valence-corrected chi connectivity index (χ2v) is 13.7. The predicted octanol–water partition coefficient (Wildman–Crippen LogP) is 6.40. The molecule has 1 fully saturated rings. The molecule has 1 N–H and O–H groups in total. The van der Waals surface area contributed by atoms with E-state index in [1.165, 1.54) is 12.1 Å². The van der Waals surface area contributed by atoms with E-state index in [4.69, 9.17) is 21.3 Å². The average Bonchev–Trinajstić information content (AvgIpc) is 2.92. The van der Waals surface area contributed by atoms with E-state index in [0.717, 1.165) is 11.3 Å². The topological polar surface area (TPSA) is 72.3 Å². The molecular formula is C30H34ClFN5O2P. The van der Waals surface area contributed by atoms with Crippen molar-refractivity contribution < 1.29 is 14.1 Å². The number of carbonyl (C=O) groups is 1. The Hall–Kier alpha value is -3.32. The van der Waals surface area contributed by atoms with Gasteiger partial charge in [0.25, 0.3) is 0 Å². The number of benzene rings is 2. The average molecular weight is 582 g/mol. The number of rotatable bonds is 4. The first-order chi connectivity index (χ1) is 19.0. The summed E-state index contributed by atoms with van der Waals surface area (Å²) >= 11 is 6.80. The van der Waals surface area contributed by atoms with E-state index < -0.39 is 13.6 Å². The summed E-state index contributed by atoms with van der Waals surface area (Å²) in [5.41, 5.74) is 3.07. The van der Waals surface area contributed by atoms with Crippen LogP contribution < -0.4 is 4.67 Å². The number of halogens is 2. The number of piperazine rings is 1. The molecule has 3 aromatic rings. The Morgan fingerprint density at radius 2 is 1.88 bits per heavy atom. The third-order valence-electron chi connectivity index (χ3n) is 7.46. The number of hydrogen-bond acceptors (Lipinski definition) is 6. The number of nitrogens with zero attached hydrogens (tertiary/aromatic N) is 5. The number of amidine groups is 1. The Labute approximate surface area is 240 Å². The summed E-state index contributed by atoms with van der Waals surface area (Å²) in [5.74, 6) is 0.682. The number of amides is 1. The fraction of sp³-hybridized carbons (Fsp3) is 0.300. The Bertz CT molecular complexity index is 1510. The molecule has 1 amide bonds. The fourth-order valence-corrected chi connectivity index (χ4v) is 7.74. The minimum absolute atomic E-state index is 0.0893. The van der Waals surface area contributed by atoms with Gasteiger partial charge in [-0.25, -0.2) is 0 Å². The van der Waals surface area contributed by atoms with Crippen LogP contribution in [0, 0.1) is 5.82 Å². The zero-order valence-corrected chi connectivity index (χ0v) is 24.9. The van der Waals surface area contributed by atoms with Gasteiger partial charge in [0.2, 0.25) is 0 Å². The van der Waals surface area contributed by atoms with Gasteiger partial charge >= 0.3 is 240 Å². The molecule has 5 rings (SSSR count). The van der Waals surface area contributed by atoms with Crippen molar-refractivity contribution in [1.29, 1.82) is 0 Å². The van der Waals surface area contributed by atoms with E-state index in [1.54, 1.807) is 35.8 Å². The van der Waals surface area contributed by atoms with Crippen molar-refractivity contribution in [3.8, 4) is 11.3 Å². The standard InChI is InChI=1S/C30H34ClFN5O2P/c1-6-27(38)35-15-16-36(20(4)18-35)30-23-17-24(31)28(22-12-7-9-13-25(22)32)33-29(23)37(40(5,39)34-30)26-14-10-8-11-21(26)19(2)3/h6-14,17,19-20,39-40H,1,15-16,18H2,2-5H3/t20-/m0/s1. The van der Waals surface area contributed by atoms with Crippen molar-refractivity contribution in [1.82, 2.24) is 14.8 Å². The minimum atomic E-state index is -3.58. The van der Waals surface area contributed by atoms with Gasteiger partial charge in [0.15, 0.2) is 0 Å². The maximum atomic E-state index is 15.0. The molecule has 2 aliphatic heterocycles. The monoisotopic (exact) mass is 581 g/mol. The van der Waals surface area contributed by atoms with Crippen LogP contribution in [0.2, 0.25) is 5.02 Å². The van der Waals surface area contributed by atoms with Crippen LogP contribution in [0.1, 0.15) is 37.8 Å². The quantitative estimate of drug-likeness (QED) is 0.285. The molecule has 10 heteroatoms. The molecule has 7 nitrogen and oxygen atoms in total. The van der Waals surface area contributed by atoms with Gasteiger partial charge in [-0.15, -0.1) is 0 Å². The van der Waals surface area contributed by atoms with Crippen molar-refractivity contribution in [2.75, 3.05) is 31.0 Å². The Morgan fingerprint density at radius 1 is 1.18 bits per heavy atom. The Kier molecular flexibility index (Phi) is 7.71. The summed E-state index contributed by atoms with van der Waals surface area (Å²) in [7, 11) is -3.58. The van der Waals surface area contributed by atoms with Crippen molar-refractivity contribution in [3.05, 3.63) is 89.2 Å². The van der Waals surface area contributed by atoms with E-state index in [-0.39, 0.29) is 28.5 Å². The SMILES string of the molecule is C=CC(=O)N1CCN(C2=N[PH](C)(O)N(c3ccccc3C(C)C)c3nc(-c4ccccc4F)c(Cl)cc32)[C@@H](C)C1. The van der Waals surface area contributed by atoms with Crippen LogP contribution in [-0.2, 0) is 4.79 Å². The summed E-state index contributed by atoms with van der Waals surface area (Å²) in [4.78, 5) is 33.2. The molecule has 0 saturated carbocycles. The summed E-state index contributed by atoms with van der Waals surface area (Å²) < 4.78 is 21.8. The first-order valence-corrected chi connectivity index (χ1v) is 16.1. The van der Waals surface area contributed by atoms with Crippen LogP contribution in [0.3, 0.4) is 0 Å². The molecule has 1 atom stereocenters. The predicted molar refractivity (Wildman–Crippen MR) is 163 cm³/mol. The van der Waals surface area contributed by atoms with Crippen LogP contribution in [0.4, 0.5) is 15.9 Å². The molecule has 0 aliphatic carbocycles. The molecule has 0 spiro atoms. The Morgan fingerprint density at radius 3 is 2.55 bits per heavy atom. The van der Waals surface area contributed by atoms with Crippen molar-refractivity contribution in [2.24, 2.45) is 4.76 Å². The number of hydrogen-bond donors (Lipinski definition) is 1. The van der Waals surface area contributed by atoms with Gasteiger partial charge in [-0.2, -0.15) is 0 Å². The van der Waals surface area contributed by atoms with Gasteiger partial charge in [0, 0.05) is 0 Å². The molecule has 0 radical (unpaired) electrons. The first-order valence-electron chi connectivity index (χ1n) is 13.4. The van der Waals surface area contributed by atoms with E-state index in [1.807, 2.05) is 35.9 Å². The molecule has 1 aromatic heterocycles. The zero-order valence-electron chi connectivity index (χ0n) is 23.1. The van der Waals surface area contributed by atoms with Gasteiger partial charge < -0.3 is 0 Å². The van der Waals surface area contributed by atoms with Gasteiger partial charge in [0.1, 0.15) is 0 Å². The van der Waals surface area contributed by atoms with E-state index in [2.05, 4.69) is 25.3 Å². The molecule has 210 valence electrons. The van der Waals surface area contributed by atoms with Gasteiger partial charge in [-0.05, 0) is 0 Å². The number of carbonyl (C=O) groups excluding carboxylic acids is 1. The molecule has 0 bridgehead atoms.